The van der Waals surface area contributed by atoms with Crippen molar-refractivity contribution in [2.45, 2.75) is 26.8 Å². The molecule has 2 aromatic carbocycles. The van der Waals surface area contributed by atoms with Crippen molar-refractivity contribution < 1.29 is 19.1 Å². The summed E-state index contributed by atoms with van der Waals surface area (Å²) in [5, 5.41) is 7.26. The molecule has 0 saturated heterocycles. The highest BCUT2D eigenvalue weighted by molar-refractivity contribution is 5.94. The summed E-state index contributed by atoms with van der Waals surface area (Å²) in [6, 6.07) is 14.4. The van der Waals surface area contributed by atoms with Gasteiger partial charge in [0, 0.05) is 11.1 Å². The summed E-state index contributed by atoms with van der Waals surface area (Å²) in [5.74, 6) is 0.138. The van der Waals surface area contributed by atoms with Crippen LogP contribution in [0.1, 0.15) is 51.9 Å². The minimum atomic E-state index is -0.400. The Morgan fingerprint density at radius 3 is 2.50 bits per heavy atom. The number of esters is 1. The van der Waals surface area contributed by atoms with E-state index in [2.05, 4.69) is 10.4 Å². The predicted molar refractivity (Wildman–Crippen MR) is 113 cm³/mol. The molecule has 3 rings (SSSR count). The fourth-order valence-corrected chi connectivity index (χ4v) is 3.22. The summed E-state index contributed by atoms with van der Waals surface area (Å²) in [4.78, 5) is 24.7. The van der Waals surface area contributed by atoms with E-state index in [0.717, 1.165) is 17.0 Å². The molecule has 30 heavy (non-hydrogen) atoms. The van der Waals surface area contributed by atoms with Crippen LogP contribution in [-0.4, -0.2) is 35.4 Å². The van der Waals surface area contributed by atoms with Crippen LogP contribution < -0.4 is 10.1 Å². The zero-order chi connectivity index (χ0) is 21.7. The van der Waals surface area contributed by atoms with E-state index in [9.17, 15) is 9.59 Å². The molecule has 1 unspecified atom stereocenters. The Morgan fingerprint density at radius 1 is 1.13 bits per heavy atom. The van der Waals surface area contributed by atoms with Crippen molar-refractivity contribution in [1.29, 1.82) is 0 Å². The van der Waals surface area contributed by atoms with E-state index in [1.165, 1.54) is 6.20 Å². The number of methoxy groups -OCH3 is 1. The van der Waals surface area contributed by atoms with Crippen molar-refractivity contribution >= 4 is 11.9 Å². The molecular weight excluding hydrogens is 382 g/mol. The van der Waals surface area contributed by atoms with E-state index in [0.29, 0.717) is 23.4 Å². The summed E-state index contributed by atoms with van der Waals surface area (Å²) >= 11 is 0. The van der Waals surface area contributed by atoms with Crippen LogP contribution in [-0.2, 0) is 4.74 Å². The maximum atomic E-state index is 12.7. The first kappa shape index (κ1) is 21.1. The molecule has 1 N–H and O–H groups in total. The van der Waals surface area contributed by atoms with Crippen molar-refractivity contribution in [1.82, 2.24) is 15.1 Å². The van der Waals surface area contributed by atoms with Gasteiger partial charge in [-0.3, -0.25) is 4.79 Å². The molecule has 1 atom stereocenters. The first-order valence-corrected chi connectivity index (χ1v) is 9.72. The molecule has 1 aromatic heterocycles. The van der Waals surface area contributed by atoms with Crippen LogP contribution in [0.4, 0.5) is 0 Å². The van der Waals surface area contributed by atoms with Crippen LogP contribution in [0, 0.1) is 6.92 Å². The molecule has 0 fully saturated rings. The second-order valence-corrected chi connectivity index (χ2v) is 6.76. The summed E-state index contributed by atoms with van der Waals surface area (Å²) < 4.78 is 12.1. The maximum Gasteiger partial charge on any atom is 0.341 e. The lowest BCUT2D eigenvalue weighted by atomic mass is 10.1. The van der Waals surface area contributed by atoms with Gasteiger partial charge in [-0.25, -0.2) is 9.48 Å². The smallest absolute Gasteiger partial charge is 0.341 e. The molecule has 0 radical (unpaired) electrons. The van der Waals surface area contributed by atoms with Crippen LogP contribution >= 0.6 is 0 Å². The number of hydrogen-bond acceptors (Lipinski definition) is 5. The van der Waals surface area contributed by atoms with E-state index in [4.69, 9.17) is 9.47 Å². The SMILES string of the molecule is CCOC(=O)c1cnn(-c2ccc(C(=O)NC(C)c3ccccc3OC)cc2)c1C. The summed E-state index contributed by atoms with van der Waals surface area (Å²) in [6.45, 7) is 5.78. The van der Waals surface area contributed by atoms with Gasteiger partial charge in [-0.1, -0.05) is 18.2 Å². The van der Waals surface area contributed by atoms with E-state index in [1.54, 1.807) is 49.9 Å². The maximum absolute atomic E-state index is 12.7. The number of carbonyl (C=O) groups is 2. The van der Waals surface area contributed by atoms with E-state index in [-0.39, 0.29) is 11.9 Å². The number of amides is 1. The van der Waals surface area contributed by atoms with Gasteiger partial charge in [-0.05, 0) is 51.1 Å². The van der Waals surface area contributed by atoms with Crippen LogP contribution in [0.25, 0.3) is 5.69 Å². The van der Waals surface area contributed by atoms with Crippen molar-refractivity contribution in [3.8, 4) is 11.4 Å². The van der Waals surface area contributed by atoms with E-state index >= 15 is 0 Å². The van der Waals surface area contributed by atoms with Crippen molar-refractivity contribution in [2.24, 2.45) is 0 Å². The molecule has 0 bridgehead atoms. The number of hydrogen-bond donors (Lipinski definition) is 1. The normalized spacial score (nSPS) is 11.6. The van der Waals surface area contributed by atoms with Gasteiger partial charge in [0.2, 0.25) is 0 Å². The molecule has 3 aromatic rings. The monoisotopic (exact) mass is 407 g/mol. The first-order valence-electron chi connectivity index (χ1n) is 9.72. The average molecular weight is 407 g/mol. The molecule has 7 heteroatoms. The van der Waals surface area contributed by atoms with Gasteiger partial charge in [0.15, 0.2) is 0 Å². The number of ether oxygens (including phenoxy) is 2. The molecule has 1 amide bonds. The topological polar surface area (TPSA) is 82.5 Å². The lowest BCUT2D eigenvalue weighted by molar-refractivity contribution is 0.0525. The molecule has 7 nitrogen and oxygen atoms in total. The van der Waals surface area contributed by atoms with Crippen LogP contribution in [0.3, 0.4) is 0 Å². The third-order valence-electron chi connectivity index (χ3n) is 4.83. The van der Waals surface area contributed by atoms with Crippen molar-refractivity contribution in [2.75, 3.05) is 13.7 Å². The Labute approximate surface area is 175 Å². The third-order valence-corrected chi connectivity index (χ3v) is 4.83. The third kappa shape index (κ3) is 4.35. The number of carbonyl (C=O) groups excluding carboxylic acids is 2. The van der Waals surface area contributed by atoms with Crippen molar-refractivity contribution in [3.63, 3.8) is 0 Å². The standard InChI is InChI=1S/C23H25N3O4/c1-5-30-23(28)20-14-24-26(16(20)3)18-12-10-17(11-13-18)22(27)25-15(2)19-8-6-7-9-21(19)29-4/h6-15H,5H2,1-4H3,(H,25,27). The molecule has 0 aliphatic heterocycles. The van der Waals surface area contributed by atoms with Gasteiger partial charge < -0.3 is 14.8 Å². The Balaban J connectivity index is 1.74. The fraction of sp³-hybridized carbons (Fsp3) is 0.261. The van der Waals surface area contributed by atoms with E-state index in [1.807, 2.05) is 31.2 Å². The highest BCUT2D eigenvalue weighted by Crippen LogP contribution is 2.24. The summed E-state index contributed by atoms with van der Waals surface area (Å²) in [6.07, 6.45) is 1.49. The average Bonchev–Trinajstić information content (AvgIpc) is 3.15. The highest BCUT2D eigenvalue weighted by Gasteiger charge is 2.17. The predicted octanol–water partition coefficient (Wildman–Crippen LogP) is 3.86. The van der Waals surface area contributed by atoms with Crippen LogP contribution in [0.15, 0.2) is 54.7 Å². The number of para-hydroxylation sites is 1. The molecule has 1 heterocycles. The largest absolute Gasteiger partial charge is 0.496 e. The summed E-state index contributed by atoms with van der Waals surface area (Å²) in [5.41, 5.74) is 3.27. The quantitative estimate of drug-likeness (QED) is 0.602. The van der Waals surface area contributed by atoms with E-state index < -0.39 is 5.97 Å². The Hall–Kier alpha value is -3.61. The summed E-state index contributed by atoms with van der Waals surface area (Å²) in [7, 11) is 1.61. The highest BCUT2D eigenvalue weighted by atomic mass is 16.5. The van der Waals surface area contributed by atoms with Crippen LogP contribution in [0.5, 0.6) is 5.75 Å². The van der Waals surface area contributed by atoms with Gasteiger partial charge in [0.25, 0.3) is 5.91 Å². The Kier molecular flexibility index (Phi) is 6.51. The molecule has 0 aliphatic carbocycles. The van der Waals surface area contributed by atoms with Gasteiger partial charge in [0.1, 0.15) is 11.3 Å². The molecule has 0 saturated carbocycles. The zero-order valence-electron chi connectivity index (χ0n) is 17.5. The van der Waals surface area contributed by atoms with Crippen molar-refractivity contribution in [3.05, 3.63) is 77.1 Å². The number of aromatic nitrogens is 2. The number of nitrogens with one attached hydrogen (secondary N) is 1. The minimum absolute atomic E-state index is 0.190. The molecule has 0 spiro atoms. The van der Waals surface area contributed by atoms with Gasteiger partial charge in [-0.2, -0.15) is 5.10 Å². The van der Waals surface area contributed by atoms with Gasteiger partial charge in [-0.15, -0.1) is 0 Å². The van der Waals surface area contributed by atoms with Gasteiger partial charge >= 0.3 is 5.97 Å². The Bertz CT molecular complexity index is 1040. The number of nitrogens with zero attached hydrogens (tertiary/aromatic N) is 2. The molecule has 0 aliphatic rings. The second-order valence-electron chi connectivity index (χ2n) is 6.76. The zero-order valence-corrected chi connectivity index (χ0v) is 17.5. The van der Waals surface area contributed by atoms with Crippen LogP contribution in [0.2, 0.25) is 0 Å². The lowest BCUT2D eigenvalue weighted by Gasteiger charge is -2.17. The number of rotatable bonds is 7. The minimum Gasteiger partial charge on any atom is -0.496 e. The second kappa shape index (κ2) is 9.26. The first-order chi connectivity index (χ1) is 14.5. The number of benzene rings is 2. The molecule has 156 valence electrons. The van der Waals surface area contributed by atoms with Gasteiger partial charge in [0.05, 0.1) is 37.3 Å². The lowest BCUT2D eigenvalue weighted by Crippen LogP contribution is -2.26. The molecular formula is C23H25N3O4. The Morgan fingerprint density at radius 2 is 1.83 bits per heavy atom. The fourth-order valence-electron chi connectivity index (χ4n) is 3.22.